The van der Waals surface area contributed by atoms with Crippen molar-refractivity contribution < 1.29 is 4.79 Å². The molecule has 1 atom stereocenters. The lowest BCUT2D eigenvalue weighted by atomic mass is 9.96. The van der Waals surface area contributed by atoms with E-state index in [-0.39, 0.29) is 11.9 Å². The Kier molecular flexibility index (Phi) is 4.24. The first-order valence-corrected chi connectivity index (χ1v) is 7.98. The molecule has 3 nitrogen and oxygen atoms in total. The summed E-state index contributed by atoms with van der Waals surface area (Å²) in [5, 5.41) is 6.60. The maximum atomic E-state index is 12.4. The van der Waals surface area contributed by atoms with Gasteiger partial charge in [-0.15, -0.1) is 0 Å². The van der Waals surface area contributed by atoms with Gasteiger partial charge in [-0.2, -0.15) is 0 Å². The van der Waals surface area contributed by atoms with E-state index >= 15 is 0 Å². The van der Waals surface area contributed by atoms with Gasteiger partial charge in [-0.25, -0.2) is 0 Å². The van der Waals surface area contributed by atoms with E-state index in [0.29, 0.717) is 6.04 Å². The monoisotopic (exact) mass is 272 g/mol. The van der Waals surface area contributed by atoms with Crippen LogP contribution in [0.2, 0.25) is 0 Å². The van der Waals surface area contributed by atoms with Gasteiger partial charge in [0, 0.05) is 18.2 Å². The Hall–Kier alpha value is -1.51. The predicted molar refractivity (Wildman–Crippen MR) is 81.8 cm³/mol. The van der Waals surface area contributed by atoms with Crippen molar-refractivity contribution in [1.82, 2.24) is 5.32 Å². The van der Waals surface area contributed by atoms with Crippen LogP contribution in [0, 0.1) is 0 Å². The van der Waals surface area contributed by atoms with Crippen LogP contribution in [-0.4, -0.2) is 18.0 Å². The second-order valence-corrected chi connectivity index (χ2v) is 6.11. The fourth-order valence-corrected chi connectivity index (χ4v) is 3.36. The van der Waals surface area contributed by atoms with Crippen LogP contribution in [-0.2, 0) is 11.2 Å². The van der Waals surface area contributed by atoms with Crippen LogP contribution in [0.1, 0.15) is 50.5 Å². The van der Waals surface area contributed by atoms with Gasteiger partial charge in [-0.3, -0.25) is 4.79 Å². The topological polar surface area (TPSA) is 41.1 Å². The lowest BCUT2D eigenvalue weighted by Gasteiger charge is -2.23. The van der Waals surface area contributed by atoms with Crippen molar-refractivity contribution in [1.29, 1.82) is 0 Å². The molecule has 108 valence electrons. The summed E-state index contributed by atoms with van der Waals surface area (Å²) in [5.41, 5.74) is 2.37. The van der Waals surface area contributed by atoms with Crippen LogP contribution in [0.5, 0.6) is 0 Å². The summed E-state index contributed by atoms with van der Waals surface area (Å²) in [6, 6.07) is 8.51. The Morgan fingerprint density at radius 2 is 1.75 bits per heavy atom. The van der Waals surface area contributed by atoms with Crippen molar-refractivity contribution >= 4 is 11.6 Å². The minimum atomic E-state index is -0.0853. The molecule has 0 bridgehead atoms. The van der Waals surface area contributed by atoms with E-state index in [4.69, 9.17) is 0 Å². The molecule has 1 aliphatic carbocycles. The highest BCUT2D eigenvalue weighted by atomic mass is 16.2. The first-order valence-electron chi connectivity index (χ1n) is 7.98. The van der Waals surface area contributed by atoms with Crippen molar-refractivity contribution in [3.8, 4) is 0 Å². The molecule has 1 amide bonds. The van der Waals surface area contributed by atoms with E-state index in [0.717, 1.165) is 24.9 Å². The lowest BCUT2D eigenvalue weighted by molar-refractivity contribution is -0.122. The molecule has 1 heterocycles. The highest BCUT2D eigenvalue weighted by Crippen LogP contribution is 2.25. The highest BCUT2D eigenvalue weighted by molar-refractivity contribution is 5.87. The van der Waals surface area contributed by atoms with Gasteiger partial charge in [0.2, 0.25) is 5.91 Å². The predicted octanol–water partition coefficient (Wildman–Crippen LogP) is 3.25. The van der Waals surface area contributed by atoms with Crippen molar-refractivity contribution in [2.75, 3.05) is 5.32 Å². The Bertz CT molecular complexity index is 439. The van der Waals surface area contributed by atoms with E-state index in [9.17, 15) is 4.79 Å². The zero-order valence-electron chi connectivity index (χ0n) is 12.0. The largest absolute Gasteiger partial charge is 0.373 e. The molecule has 0 aromatic heterocycles. The number of amides is 1. The van der Waals surface area contributed by atoms with Crippen molar-refractivity contribution in [3.63, 3.8) is 0 Å². The number of para-hydroxylation sites is 1. The van der Waals surface area contributed by atoms with E-state index in [1.807, 2.05) is 12.1 Å². The smallest absolute Gasteiger partial charge is 0.243 e. The van der Waals surface area contributed by atoms with Gasteiger partial charge in [0.15, 0.2) is 0 Å². The molecule has 2 N–H and O–H groups in total. The SMILES string of the molecule is O=C(NC1CCCCCCC1)[C@@H]1Cc2ccccc2N1. The number of nitrogens with one attached hydrogen (secondary N) is 2. The standard InChI is InChI=1S/C17H24N2O/c20-17(18-14-9-4-2-1-3-5-10-14)16-12-13-8-6-7-11-15(13)19-16/h6-8,11,14,16,19H,1-5,9-10,12H2,(H,18,20)/t16-/m0/s1. The van der Waals surface area contributed by atoms with Gasteiger partial charge in [0.05, 0.1) is 0 Å². The molecule has 2 aliphatic rings. The van der Waals surface area contributed by atoms with Gasteiger partial charge >= 0.3 is 0 Å². The second kappa shape index (κ2) is 6.29. The fraction of sp³-hybridized carbons (Fsp3) is 0.588. The van der Waals surface area contributed by atoms with Crippen LogP contribution in [0.25, 0.3) is 0 Å². The zero-order valence-corrected chi connectivity index (χ0v) is 12.0. The Morgan fingerprint density at radius 1 is 1.05 bits per heavy atom. The lowest BCUT2D eigenvalue weighted by Crippen LogP contribution is -2.44. The number of anilines is 1. The van der Waals surface area contributed by atoms with Crippen LogP contribution in [0.3, 0.4) is 0 Å². The van der Waals surface area contributed by atoms with Gasteiger partial charge in [0.25, 0.3) is 0 Å². The van der Waals surface area contributed by atoms with E-state index in [1.165, 1.54) is 37.7 Å². The molecule has 20 heavy (non-hydrogen) atoms. The second-order valence-electron chi connectivity index (χ2n) is 6.11. The third kappa shape index (κ3) is 3.14. The molecule has 3 rings (SSSR count). The number of hydrogen-bond acceptors (Lipinski definition) is 2. The normalized spacial score (nSPS) is 23.3. The number of benzene rings is 1. The molecular weight excluding hydrogens is 248 g/mol. The summed E-state index contributed by atoms with van der Waals surface area (Å²) in [7, 11) is 0. The minimum absolute atomic E-state index is 0.0853. The van der Waals surface area contributed by atoms with Gasteiger partial charge in [-0.1, -0.05) is 50.3 Å². The number of rotatable bonds is 2. The third-order valence-corrected chi connectivity index (χ3v) is 4.54. The number of fused-ring (bicyclic) bond motifs is 1. The number of carbonyl (C=O) groups excluding carboxylic acids is 1. The molecule has 0 spiro atoms. The Labute approximate surface area is 121 Å². The summed E-state index contributed by atoms with van der Waals surface area (Å²) < 4.78 is 0. The molecule has 1 fully saturated rings. The van der Waals surface area contributed by atoms with Crippen molar-refractivity contribution in [3.05, 3.63) is 29.8 Å². The molecule has 1 aromatic rings. The molecule has 0 unspecified atom stereocenters. The average molecular weight is 272 g/mol. The molecule has 0 saturated heterocycles. The van der Waals surface area contributed by atoms with Gasteiger partial charge in [-0.05, 0) is 24.5 Å². The molecule has 0 radical (unpaired) electrons. The van der Waals surface area contributed by atoms with Crippen molar-refractivity contribution in [2.24, 2.45) is 0 Å². The summed E-state index contributed by atoms with van der Waals surface area (Å²) in [5.74, 6) is 0.173. The molecule has 3 heteroatoms. The van der Waals surface area contributed by atoms with E-state index in [1.54, 1.807) is 0 Å². The highest BCUT2D eigenvalue weighted by Gasteiger charge is 2.27. The maximum Gasteiger partial charge on any atom is 0.243 e. The van der Waals surface area contributed by atoms with Crippen LogP contribution >= 0.6 is 0 Å². The summed E-state index contributed by atoms with van der Waals surface area (Å²) in [4.78, 5) is 12.4. The van der Waals surface area contributed by atoms with Crippen LogP contribution in [0.4, 0.5) is 5.69 Å². The molecule has 1 aromatic carbocycles. The number of carbonyl (C=O) groups is 1. The van der Waals surface area contributed by atoms with E-state index in [2.05, 4.69) is 22.8 Å². The quantitative estimate of drug-likeness (QED) is 0.867. The first-order chi connectivity index (χ1) is 9.83. The van der Waals surface area contributed by atoms with E-state index < -0.39 is 0 Å². The Morgan fingerprint density at radius 3 is 2.50 bits per heavy atom. The van der Waals surface area contributed by atoms with Gasteiger partial charge < -0.3 is 10.6 Å². The summed E-state index contributed by atoms with van der Waals surface area (Å²) in [6.07, 6.45) is 9.61. The fourth-order valence-electron chi connectivity index (χ4n) is 3.36. The molecule has 1 saturated carbocycles. The van der Waals surface area contributed by atoms with Crippen LogP contribution < -0.4 is 10.6 Å². The van der Waals surface area contributed by atoms with Crippen LogP contribution in [0.15, 0.2) is 24.3 Å². The first kappa shape index (κ1) is 13.5. The summed E-state index contributed by atoms with van der Waals surface area (Å²) in [6.45, 7) is 0. The summed E-state index contributed by atoms with van der Waals surface area (Å²) >= 11 is 0. The van der Waals surface area contributed by atoms with Crippen molar-refractivity contribution in [2.45, 2.75) is 63.5 Å². The van der Waals surface area contributed by atoms with Gasteiger partial charge in [0.1, 0.15) is 6.04 Å². The zero-order chi connectivity index (χ0) is 13.8. The third-order valence-electron chi connectivity index (χ3n) is 4.54. The molecule has 1 aliphatic heterocycles. The Balaban J connectivity index is 1.55. The minimum Gasteiger partial charge on any atom is -0.373 e. The average Bonchev–Trinajstić information content (AvgIpc) is 2.85. The number of hydrogen-bond donors (Lipinski definition) is 2. The maximum absolute atomic E-state index is 12.4. The molecular formula is C17H24N2O.